The zero-order chi connectivity index (χ0) is 23.2. The summed E-state index contributed by atoms with van der Waals surface area (Å²) in [6.07, 6.45) is 7.63. The number of amides is 1. The van der Waals surface area contributed by atoms with Crippen molar-refractivity contribution in [3.8, 4) is 5.75 Å². The summed E-state index contributed by atoms with van der Waals surface area (Å²) in [5.74, 6) is 0.482. The van der Waals surface area contributed by atoms with E-state index in [-0.39, 0.29) is 11.5 Å². The van der Waals surface area contributed by atoms with Crippen LogP contribution in [-0.2, 0) is 13.0 Å². The van der Waals surface area contributed by atoms with Crippen LogP contribution < -0.4 is 20.5 Å². The lowest BCUT2D eigenvalue weighted by Crippen LogP contribution is -2.64. The summed E-state index contributed by atoms with van der Waals surface area (Å²) in [4.78, 5) is 41.3. The second-order valence-corrected chi connectivity index (χ2v) is 9.31. The number of aromatic nitrogens is 3. The first-order valence-electron chi connectivity index (χ1n) is 12.0. The van der Waals surface area contributed by atoms with Gasteiger partial charge in [0.2, 0.25) is 0 Å². The highest BCUT2D eigenvalue weighted by molar-refractivity contribution is 5.92. The first kappa shape index (κ1) is 21.1. The fraction of sp³-hybridized carbons (Fsp3) is 0.440. The highest BCUT2D eigenvalue weighted by Crippen LogP contribution is 2.37. The molecule has 5 heterocycles. The Balaban J connectivity index is 1.19. The normalized spacial score (nSPS) is 21.9. The second-order valence-electron chi connectivity index (χ2n) is 9.31. The van der Waals surface area contributed by atoms with E-state index < -0.39 is 0 Å². The van der Waals surface area contributed by atoms with Crippen LogP contribution in [0.5, 0.6) is 5.75 Å². The molecule has 3 aromatic heterocycles. The lowest BCUT2D eigenvalue weighted by atomic mass is 9.81. The Bertz CT molecular complexity index is 1300. The van der Waals surface area contributed by atoms with Gasteiger partial charge in [0.25, 0.3) is 11.5 Å². The molecular weight excluding hydrogens is 432 g/mol. The number of anilines is 1. The van der Waals surface area contributed by atoms with E-state index in [9.17, 15) is 9.59 Å². The van der Waals surface area contributed by atoms with Crippen LogP contribution in [0.3, 0.4) is 0 Å². The number of hydrogen-bond acceptors (Lipinski definition) is 7. The van der Waals surface area contributed by atoms with Crippen molar-refractivity contribution >= 4 is 22.6 Å². The Hall–Kier alpha value is -3.46. The molecule has 1 saturated heterocycles. The number of aromatic amines is 1. The first-order valence-corrected chi connectivity index (χ1v) is 12.0. The third-order valence-electron chi connectivity index (χ3n) is 7.40. The van der Waals surface area contributed by atoms with E-state index in [0.717, 1.165) is 67.6 Å². The number of rotatable bonds is 4. The van der Waals surface area contributed by atoms with Gasteiger partial charge in [-0.1, -0.05) is 0 Å². The quantitative estimate of drug-likeness (QED) is 0.613. The third kappa shape index (κ3) is 3.51. The van der Waals surface area contributed by atoms with Gasteiger partial charge < -0.3 is 19.9 Å². The molecule has 0 bridgehead atoms. The largest absolute Gasteiger partial charge is 0.491 e. The van der Waals surface area contributed by atoms with Crippen LogP contribution in [0.25, 0.3) is 11.0 Å². The van der Waals surface area contributed by atoms with E-state index in [2.05, 4.69) is 30.1 Å². The van der Waals surface area contributed by atoms with Gasteiger partial charge in [-0.25, -0.2) is 4.98 Å². The summed E-state index contributed by atoms with van der Waals surface area (Å²) in [5.41, 5.74) is 4.73. The standard InChI is InChI=1S/C25H28N6O3/c1-26-25(33)18-5-4-16(13-27-18)31-9-8-30(20-6-7-21(20)31)14-15-11-19-22(28-12-15)23-17(24(32)29-19)3-2-10-34-23/h4-5,11-13,20-21H,2-3,6-10,14H2,1H3,(H,26,33)(H,29,32). The minimum atomic E-state index is -0.171. The summed E-state index contributed by atoms with van der Waals surface area (Å²) in [5, 5.41) is 2.61. The molecule has 6 rings (SSSR count). The van der Waals surface area contributed by atoms with Crippen molar-refractivity contribution in [2.75, 3.05) is 31.6 Å². The van der Waals surface area contributed by atoms with Crippen molar-refractivity contribution < 1.29 is 9.53 Å². The number of piperazine rings is 1. The number of fused-ring (bicyclic) bond motifs is 4. The average Bonchev–Trinajstić information content (AvgIpc) is 2.84. The number of hydrogen-bond donors (Lipinski definition) is 2. The molecule has 0 aromatic carbocycles. The zero-order valence-corrected chi connectivity index (χ0v) is 19.2. The maximum atomic E-state index is 12.5. The Morgan fingerprint density at radius 2 is 2.09 bits per heavy atom. The van der Waals surface area contributed by atoms with Gasteiger partial charge in [0.1, 0.15) is 11.2 Å². The minimum absolute atomic E-state index is 0.0649. The molecule has 1 amide bonds. The van der Waals surface area contributed by atoms with Crippen molar-refractivity contribution in [1.82, 2.24) is 25.2 Å². The lowest BCUT2D eigenvalue weighted by Gasteiger charge is -2.54. The SMILES string of the molecule is CNC(=O)c1ccc(N2CCN(Cc3cnc4c5c(c(=O)[nH]c4c3)CCCO5)C3CCC32)cn1. The molecule has 0 radical (unpaired) electrons. The molecule has 2 unspecified atom stereocenters. The summed E-state index contributed by atoms with van der Waals surface area (Å²) >= 11 is 0. The topological polar surface area (TPSA) is 103 Å². The molecule has 2 aliphatic heterocycles. The monoisotopic (exact) mass is 460 g/mol. The van der Waals surface area contributed by atoms with Gasteiger partial charge in [0.15, 0.2) is 5.75 Å². The smallest absolute Gasteiger partial charge is 0.269 e. The van der Waals surface area contributed by atoms with Crippen LogP contribution in [0.15, 0.2) is 35.4 Å². The number of ether oxygens (including phenoxy) is 1. The van der Waals surface area contributed by atoms with Crippen molar-refractivity contribution in [3.63, 3.8) is 0 Å². The fourth-order valence-electron chi connectivity index (χ4n) is 5.51. The molecule has 0 spiro atoms. The molecule has 2 atom stereocenters. The van der Waals surface area contributed by atoms with E-state index >= 15 is 0 Å². The number of pyridine rings is 3. The van der Waals surface area contributed by atoms with Gasteiger partial charge in [0.05, 0.1) is 29.6 Å². The van der Waals surface area contributed by atoms with Crippen molar-refractivity contribution in [3.05, 3.63) is 57.8 Å². The maximum Gasteiger partial charge on any atom is 0.269 e. The maximum absolute atomic E-state index is 12.5. The predicted octanol–water partition coefficient (Wildman–Crippen LogP) is 1.86. The molecule has 3 aromatic rings. The van der Waals surface area contributed by atoms with Crippen LogP contribution in [0.1, 0.15) is 40.9 Å². The number of H-pyrrole nitrogens is 1. The predicted molar refractivity (Wildman–Crippen MR) is 128 cm³/mol. The molecule has 9 nitrogen and oxygen atoms in total. The Morgan fingerprint density at radius 1 is 1.21 bits per heavy atom. The van der Waals surface area contributed by atoms with E-state index in [4.69, 9.17) is 4.74 Å². The molecule has 34 heavy (non-hydrogen) atoms. The Kier molecular flexibility index (Phi) is 5.21. The van der Waals surface area contributed by atoms with Crippen LogP contribution >= 0.6 is 0 Å². The average molecular weight is 461 g/mol. The fourth-order valence-corrected chi connectivity index (χ4v) is 5.51. The molecule has 1 saturated carbocycles. The summed E-state index contributed by atoms with van der Waals surface area (Å²) in [6, 6.07) is 6.74. The van der Waals surface area contributed by atoms with Gasteiger partial charge in [-0.3, -0.25) is 19.5 Å². The van der Waals surface area contributed by atoms with Crippen LogP contribution in [0.2, 0.25) is 0 Å². The van der Waals surface area contributed by atoms with Crippen LogP contribution in [0.4, 0.5) is 5.69 Å². The summed E-state index contributed by atoms with van der Waals surface area (Å²) in [6.45, 7) is 3.26. The highest BCUT2D eigenvalue weighted by Gasteiger charge is 2.43. The molecule has 9 heteroatoms. The van der Waals surface area contributed by atoms with E-state index in [0.29, 0.717) is 35.7 Å². The number of nitrogens with one attached hydrogen (secondary N) is 2. The molecule has 176 valence electrons. The van der Waals surface area contributed by atoms with Gasteiger partial charge in [-0.15, -0.1) is 0 Å². The number of nitrogens with zero attached hydrogens (tertiary/aromatic N) is 4. The lowest BCUT2D eigenvalue weighted by molar-refractivity contribution is 0.0658. The van der Waals surface area contributed by atoms with Gasteiger partial charge in [-0.2, -0.15) is 0 Å². The summed E-state index contributed by atoms with van der Waals surface area (Å²) < 4.78 is 5.80. The molecular formula is C25H28N6O3. The first-order chi connectivity index (χ1) is 16.6. The summed E-state index contributed by atoms with van der Waals surface area (Å²) in [7, 11) is 1.61. The van der Waals surface area contributed by atoms with Crippen molar-refractivity contribution in [2.45, 2.75) is 44.3 Å². The Morgan fingerprint density at radius 3 is 2.85 bits per heavy atom. The number of carbonyl (C=O) groups is 1. The number of carbonyl (C=O) groups excluding carboxylic acids is 1. The second kappa shape index (κ2) is 8.39. The minimum Gasteiger partial charge on any atom is -0.491 e. The molecule has 2 fully saturated rings. The zero-order valence-electron chi connectivity index (χ0n) is 19.2. The van der Waals surface area contributed by atoms with E-state index in [1.807, 2.05) is 24.5 Å². The van der Waals surface area contributed by atoms with Crippen LogP contribution in [0, 0.1) is 0 Å². The van der Waals surface area contributed by atoms with Gasteiger partial charge in [-0.05, 0) is 49.4 Å². The van der Waals surface area contributed by atoms with Gasteiger partial charge >= 0.3 is 0 Å². The van der Waals surface area contributed by atoms with Crippen molar-refractivity contribution in [2.24, 2.45) is 0 Å². The Labute approximate surface area is 197 Å². The van der Waals surface area contributed by atoms with Gasteiger partial charge in [0, 0.05) is 45.0 Å². The third-order valence-corrected chi connectivity index (χ3v) is 7.40. The molecule has 3 aliphatic rings. The van der Waals surface area contributed by atoms with Crippen LogP contribution in [-0.4, -0.2) is 64.6 Å². The molecule has 2 N–H and O–H groups in total. The highest BCUT2D eigenvalue weighted by atomic mass is 16.5. The molecule has 1 aliphatic carbocycles. The van der Waals surface area contributed by atoms with Crippen molar-refractivity contribution in [1.29, 1.82) is 0 Å². The van der Waals surface area contributed by atoms with E-state index in [1.165, 1.54) is 0 Å². The van der Waals surface area contributed by atoms with E-state index in [1.54, 1.807) is 13.1 Å².